The smallest absolute Gasteiger partial charge is 0.239 e. The molecule has 100 valence electrons. The largest absolute Gasteiger partial charge is 0.315 e. The Balaban J connectivity index is 1.71. The zero-order chi connectivity index (χ0) is 12.5. The summed E-state index contributed by atoms with van der Waals surface area (Å²) in [5.74, 6) is 0.678. The lowest BCUT2D eigenvalue weighted by molar-refractivity contribution is -0.104. The lowest BCUT2D eigenvalue weighted by Gasteiger charge is -2.55. The van der Waals surface area contributed by atoms with Gasteiger partial charge in [-0.25, -0.2) is 4.48 Å². The fourth-order valence-electron chi connectivity index (χ4n) is 4.66. The number of epoxide rings is 1. The van der Waals surface area contributed by atoms with Gasteiger partial charge in [0.25, 0.3) is 0 Å². The van der Waals surface area contributed by atoms with Crippen molar-refractivity contribution in [2.24, 2.45) is 5.92 Å². The molecule has 5 fully saturated rings. The number of benzene rings is 1. The molecule has 4 heteroatoms. The summed E-state index contributed by atoms with van der Waals surface area (Å²) < 4.78 is 7.12. The van der Waals surface area contributed by atoms with E-state index in [0.717, 1.165) is 24.4 Å². The molecule has 6 rings (SSSR count). The highest BCUT2D eigenvalue weighted by atomic mass is 16.6. The molecule has 4 bridgehead atoms. The highest BCUT2D eigenvalue weighted by Gasteiger charge is 2.74. The summed E-state index contributed by atoms with van der Waals surface area (Å²) >= 11 is 0. The van der Waals surface area contributed by atoms with Crippen LogP contribution in [0.3, 0.4) is 0 Å². The van der Waals surface area contributed by atoms with Gasteiger partial charge in [0, 0.05) is 26.2 Å². The predicted molar refractivity (Wildman–Crippen MR) is 73.3 cm³/mol. The lowest BCUT2D eigenvalue weighted by Crippen LogP contribution is -2.76. The van der Waals surface area contributed by atoms with Gasteiger partial charge < -0.3 is 4.74 Å². The molecule has 4 nitrogen and oxygen atoms in total. The van der Waals surface area contributed by atoms with Gasteiger partial charge in [-0.3, -0.25) is 9.80 Å². The zero-order valence-corrected chi connectivity index (χ0v) is 11.2. The standard InChI is InChI=1S/C15H20N3O/c1-2-4-14(5-3-1)18-11-16-6-7-17(12-18)9-13(8-16)15(18)10-19-15/h1-5,13H,6-12H2/q+1. The van der Waals surface area contributed by atoms with Crippen molar-refractivity contribution in [3.05, 3.63) is 30.3 Å². The van der Waals surface area contributed by atoms with Crippen LogP contribution in [-0.4, -0.2) is 61.6 Å². The molecule has 3 atom stereocenters. The Hall–Kier alpha value is -0.940. The number of nitrogens with zero attached hydrogens (tertiary/aromatic N) is 3. The summed E-state index contributed by atoms with van der Waals surface area (Å²) in [6.07, 6.45) is 0. The Bertz CT molecular complexity index is 497. The van der Waals surface area contributed by atoms with Crippen molar-refractivity contribution in [2.45, 2.75) is 5.72 Å². The number of hydrogen-bond donors (Lipinski definition) is 0. The van der Waals surface area contributed by atoms with Gasteiger partial charge in [0.2, 0.25) is 5.72 Å². The minimum absolute atomic E-state index is 0.0959. The quantitative estimate of drug-likeness (QED) is 0.551. The van der Waals surface area contributed by atoms with E-state index in [9.17, 15) is 0 Å². The molecule has 5 aliphatic heterocycles. The Morgan fingerprint density at radius 1 is 1.05 bits per heavy atom. The first-order valence-corrected chi connectivity index (χ1v) is 7.34. The second kappa shape index (κ2) is 3.38. The normalized spacial score (nSPS) is 50.4. The third-order valence-electron chi connectivity index (χ3n) is 5.63. The number of para-hydroxylation sites is 1. The molecule has 1 aromatic carbocycles. The monoisotopic (exact) mass is 258 g/mol. The second-order valence-electron chi connectivity index (χ2n) is 6.57. The first-order chi connectivity index (χ1) is 9.32. The third kappa shape index (κ3) is 1.23. The van der Waals surface area contributed by atoms with E-state index in [2.05, 4.69) is 40.1 Å². The van der Waals surface area contributed by atoms with Gasteiger partial charge in [0.05, 0.1) is 5.92 Å². The topological polar surface area (TPSA) is 19.0 Å². The molecule has 0 N–H and O–H groups in total. The van der Waals surface area contributed by atoms with Crippen LogP contribution in [0.1, 0.15) is 0 Å². The van der Waals surface area contributed by atoms with Crippen LogP contribution >= 0.6 is 0 Å². The highest BCUT2D eigenvalue weighted by Crippen LogP contribution is 2.53. The van der Waals surface area contributed by atoms with Crippen molar-refractivity contribution in [3.8, 4) is 0 Å². The first-order valence-electron chi connectivity index (χ1n) is 7.34. The molecule has 5 heterocycles. The molecule has 0 radical (unpaired) electrons. The van der Waals surface area contributed by atoms with Crippen LogP contribution in [0, 0.1) is 5.92 Å². The summed E-state index contributed by atoms with van der Waals surface area (Å²) in [6.45, 7) is 8.09. The van der Waals surface area contributed by atoms with Crippen LogP contribution in [-0.2, 0) is 4.74 Å². The van der Waals surface area contributed by atoms with Crippen LogP contribution in [0.4, 0.5) is 5.69 Å². The van der Waals surface area contributed by atoms with Crippen molar-refractivity contribution in [1.82, 2.24) is 14.3 Å². The van der Waals surface area contributed by atoms with Crippen LogP contribution in [0.2, 0.25) is 0 Å². The van der Waals surface area contributed by atoms with Gasteiger partial charge in [-0.2, -0.15) is 0 Å². The molecule has 19 heavy (non-hydrogen) atoms. The van der Waals surface area contributed by atoms with E-state index in [0.29, 0.717) is 5.92 Å². The predicted octanol–water partition coefficient (Wildman–Crippen LogP) is 0.896. The Labute approximate surface area is 113 Å². The second-order valence-corrected chi connectivity index (χ2v) is 6.57. The summed E-state index contributed by atoms with van der Waals surface area (Å²) in [5.41, 5.74) is 1.53. The average Bonchev–Trinajstić information content (AvgIpc) is 3.21. The molecule has 5 saturated heterocycles. The van der Waals surface area contributed by atoms with Crippen molar-refractivity contribution < 1.29 is 4.74 Å². The van der Waals surface area contributed by atoms with Gasteiger partial charge in [-0.1, -0.05) is 18.2 Å². The van der Waals surface area contributed by atoms with E-state index in [4.69, 9.17) is 4.74 Å². The molecule has 0 aromatic heterocycles. The van der Waals surface area contributed by atoms with Gasteiger partial charge in [-0.15, -0.1) is 0 Å². The average molecular weight is 258 g/mol. The van der Waals surface area contributed by atoms with E-state index >= 15 is 0 Å². The van der Waals surface area contributed by atoms with E-state index in [-0.39, 0.29) is 5.72 Å². The van der Waals surface area contributed by atoms with Gasteiger partial charge in [0.1, 0.15) is 25.6 Å². The van der Waals surface area contributed by atoms with E-state index < -0.39 is 0 Å². The number of quaternary nitrogens is 1. The number of ether oxygens (including phenoxy) is 1. The summed E-state index contributed by atoms with van der Waals surface area (Å²) in [7, 11) is 0. The van der Waals surface area contributed by atoms with Gasteiger partial charge in [-0.05, 0) is 12.1 Å². The molecular weight excluding hydrogens is 238 g/mol. The molecule has 0 aliphatic carbocycles. The molecule has 0 saturated carbocycles. The lowest BCUT2D eigenvalue weighted by atomic mass is 9.90. The van der Waals surface area contributed by atoms with Crippen LogP contribution < -0.4 is 4.48 Å². The maximum absolute atomic E-state index is 6.11. The number of hydrogen-bond acceptors (Lipinski definition) is 3. The minimum atomic E-state index is 0.0959. The van der Waals surface area contributed by atoms with Gasteiger partial charge >= 0.3 is 0 Å². The third-order valence-corrected chi connectivity index (χ3v) is 5.63. The zero-order valence-electron chi connectivity index (χ0n) is 11.2. The fourth-order valence-corrected chi connectivity index (χ4v) is 4.66. The minimum Gasteiger partial charge on any atom is -0.315 e. The van der Waals surface area contributed by atoms with E-state index in [1.165, 1.54) is 31.9 Å². The summed E-state index contributed by atoms with van der Waals surface area (Å²) in [5, 5.41) is 0. The molecule has 0 amide bonds. The molecule has 1 spiro atoms. The maximum atomic E-state index is 6.11. The van der Waals surface area contributed by atoms with Crippen molar-refractivity contribution in [1.29, 1.82) is 0 Å². The highest BCUT2D eigenvalue weighted by molar-refractivity contribution is 5.47. The molecule has 1 aromatic rings. The Morgan fingerprint density at radius 3 is 2.26 bits per heavy atom. The Kier molecular flexibility index (Phi) is 1.92. The van der Waals surface area contributed by atoms with Crippen molar-refractivity contribution in [3.63, 3.8) is 0 Å². The summed E-state index contributed by atoms with van der Waals surface area (Å²) in [6, 6.07) is 11.0. The maximum Gasteiger partial charge on any atom is 0.239 e. The van der Waals surface area contributed by atoms with E-state index in [1.54, 1.807) is 0 Å². The van der Waals surface area contributed by atoms with Crippen LogP contribution in [0.25, 0.3) is 0 Å². The van der Waals surface area contributed by atoms with Crippen molar-refractivity contribution in [2.75, 3.05) is 46.1 Å². The van der Waals surface area contributed by atoms with Crippen LogP contribution in [0.5, 0.6) is 0 Å². The molecule has 3 unspecified atom stereocenters. The summed E-state index contributed by atoms with van der Waals surface area (Å²) in [4.78, 5) is 5.30. The Morgan fingerprint density at radius 2 is 1.68 bits per heavy atom. The number of rotatable bonds is 1. The number of fused-ring (bicyclic) bond motifs is 1. The molecule has 5 aliphatic rings. The van der Waals surface area contributed by atoms with Gasteiger partial charge in [0.15, 0.2) is 0 Å². The molecular formula is C15H20N3O+. The SMILES string of the molecule is c1ccc([N+]23CN4CCN(CC(C4)C24CO4)C3)cc1. The van der Waals surface area contributed by atoms with Crippen molar-refractivity contribution >= 4 is 5.69 Å². The van der Waals surface area contributed by atoms with E-state index in [1.807, 2.05) is 0 Å². The van der Waals surface area contributed by atoms with Crippen LogP contribution in [0.15, 0.2) is 30.3 Å². The fraction of sp³-hybridized carbons (Fsp3) is 0.600. The first kappa shape index (κ1) is 10.8.